The fourth-order valence-corrected chi connectivity index (χ4v) is 3.79. The Labute approximate surface area is 147 Å². The van der Waals surface area contributed by atoms with Crippen LogP contribution in [0.4, 0.5) is 5.69 Å². The van der Waals surface area contributed by atoms with Crippen molar-refractivity contribution >= 4 is 24.1 Å². The summed E-state index contributed by atoms with van der Waals surface area (Å²) in [4.78, 5) is 11.3. The van der Waals surface area contributed by atoms with Gasteiger partial charge < -0.3 is 15.2 Å². The molecule has 0 saturated carbocycles. The fraction of sp³-hybridized carbons (Fsp3) is 0.316. The van der Waals surface area contributed by atoms with E-state index >= 15 is 0 Å². The molecule has 5 heteroatoms. The number of carboxylic acids is 1. The Morgan fingerprint density at radius 2 is 1.96 bits per heavy atom. The summed E-state index contributed by atoms with van der Waals surface area (Å²) in [7, 11) is 0. The van der Waals surface area contributed by atoms with Crippen LogP contribution in [0.3, 0.4) is 0 Å². The first kappa shape index (κ1) is 16.8. The first-order valence-electron chi connectivity index (χ1n) is 8.04. The molecule has 1 saturated heterocycles. The van der Waals surface area contributed by atoms with E-state index in [4.69, 9.17) is 4.74 Å². The number of hydrogen-bond acceptors (Lipinski definition) is 3. The van der Waals surface area contributed by atoms with Crippen molar-refractivity contribution in [2.75, 3.05) is 11.9 Å². The Balaban J connectivity index is 0.00000169. The third-order valence-corrected chi connectivity index (χ3v) is 4.87. The molecule has 2 aromatic carbocycles. The highest BCUT2D eigenvalue weighted by Gasteiger charge is 2.39. The maximum Gasteiger partial charge on any atom is 0.335 e. The summed E-state index contributed by atoms with van der Waals surface area (Å²) in [6.45, 7) is 0.736. The van der Waals surface area contributed by atoms with Gasteiger partial charge in [-0.25, -0.2) is 4.79 Å². The molecule has 2 heterocycles. The van der Waals surface area contributed by atoms with Crippen molar-refractivity contribution in [2.45, 2.75) is 25.0 Å². The third-order valence-electron chi connectivity index (χ3n) is 4.87. The average molecular weight is 346 g/mol. The fourth-order valence-electron chi connectivity index (χ4n) is 3.79. The van der Waals surface area contributed by atoms with Crippen molar-refractivity contribution in [2.24, 2.45) is 5.92 Å². The van der Waals surface area contributed by atoms with E-state index in [1.54, 1.807) is 12.1 Å². The summed E-state index contributed by atoms with van der Waals surface area (Å²) >= 11 is 0. The largest absolute Gasteiger partial charge is 0.478 e. The van der Waals surface area contributed by atoms with Crippen molar-refractivity contribution in [1.29, 1.82) is 0 Å². The Morgan fingerprint density at radius 3 is 2.71 bits per heavy atom. The van der Waals surface area contributed by atoms with Gasteiger partial charge in [0.05, 0.1) is 17.7 Å². The molecule has 2 N–H and O–H groups in total. The lowest BCUT2D eigenvalue weighted by molar-refractivity contribution is -0.0381. The lowest BCUT2D eigenvalue weighted by Crippen LogP contribution is -2.36. The van der Waals surface area contributed by atoms with Crippen LogP contribution >= 0.6 is 12.4 Å². The molecule has 0 spiro atoms. The smallest absolute Gasteiger partial charge is 0.335 e. The minimum Gasteiger partial charge on any atom is -0.478 e. The van der Waals surface area contributed by atoms with Gasteiger partial charge in [0.15, 0.2) is 0 Å². The van der Waals surface area contributed by atoms with Crippen LogP contribution in [0, 0.1) is 5.92 Å². The Bertz CT molecular complexity index is 735. The number of nitrogens with one attached hydrogen (secondary N) is 1. The molecular formula is C19H20ClNO3. The van der Waals surface area contributed by atoms with Crippen LogP contribution in [0.2, 0.25) is 0 Å². The third kappa shape index (κ3) is 2.87. The Kier molecular flexibility index (Phi) is 4.78. The van der Waals surface area contributed by atoms with Crippen molar-refractivity contribution in [3.8, 4) is 0 Å². The van der Waals surface area contributed by atoms with Crippen LogP contribution in [-0.2, 0) is 4.74 Å². The number of rotatable bonds is 2. The van der Waals surface area contributed by atoms with E-state index in [2.05, 4.69) is 29.6 Å². The van der Waals surface area contributed by atoms with Crippen molar-refractivity contribution < 1.29 is 14.6 Å². The molecule has 2 aliphatic heterocycles. The van der Waals surface area contributed by atoms with Crippen molar-refractivity contribution in [3.05, 3.63) is 65.2 Å². The molecule has 0 aliphatic carbocycles. The Morgan fingerprint density at radius 1 is 1.17 bits per heavy atom. The normalized spacial score (nSPS) is 24.8. The average Bonchev–Trinajstić information content (AvgIpc) is 2.61. The summed E-state index contributed by atoms with van der Waals surface area (Å²) < 4.78 is 6.06. The van der Waals surface area contributed by atoms with Crippen LogP contribution < -0.4 is 5.32 Å². The van der Waals surface area contributed by atoms with E-state index in [0.717, 1.165) is 30.7 Å². The molecule has 0 radical (unpaired) electrons. The number of halogens is 1. The molecule has 1 fully saturated rings. The molecule has 3 unspecified atom stereocenters. The lowest BCUT2D eigenvalue weighted by Gasteiger charge is -2.43. The summed E-state index contributed by atoms with van der Waals surface area (Å²) in [6.07, 6.45) is 2.08. The molecule has 0 amide bonds. The van der Waals surface area contributed by atoms with Gasteiger partial charge in [0.1, 0.15) is 0 Å². The first-order valence-corrected chi connectivity index (χ1v) is 8.04. The van der Waals surface area contributed by atoms with Crippen LogP contribution in [0.1, 0.15) is 46.5 Å². The van der Waals surface area contributed by atoms with Gasteiger partial charge in [-0.3, -0.25) is 0 Å². The number of fused-ring (bicyclic) bond motifs is 3. The zero-order valence-corrected chi connectivity index (χ0v) is 14.0. The summed E-state index contributed by atoms with van der Waals surface area (Å²) in [5.74, 6) is -0.576. The quantitative estimate of drug-likeness (QED) is 0.844. The van der Waals surface area contributed by atoms with E-state index in [-0.39, 0.29) is 24.6 Å². The predicted molar refractivity (Wildman–Crippen MR) is 94.9 cm³/mol. The van der Waals surface area contributed by atoms with Crippen LogP contribution in [-0.4, -0.2) is 17.7 Å². The van der Waals surface area contributed by atoms with Crippen LogP contribution in [0.25, 0.3) is 0 Å². The minimum atomic E-state index is -0.898. The highest BCUT2D eigenvalue weighted by atomic mass is 35.5. The van der Waals surface area contributed by atoms with Gasteiger partial charge in [-0.2, -0.15) is 0 Å². The molecule has 2 aromatic rings. The van der Waals surface area contributed by atoms with E-state index in [1.165, 1.54) is 5.56 Å². The molecule has 0 aromatic heterocycles. The van der Waals surface area contributed by atoms with Gasteiger partial charge in [0.2, 0.25) is 0 Å². The van der Waals surface area contributed by atoms with Crippen molar-refractivity contribution in [3.63, 3.8) is 0 Å². The predicted octanol–water partition coefficient (Wildman–Crippen LogP) is 4.44. The van der Waals surface area contributed by atoms with Gasteiger partial charge in [0.25, 0.3) is 0 Å². The van der Waals surface area contributed by atoms with Gasteiger partial charge in [-0.05, 0) is 36.6 Å². The molecule has 3 atom stereocenters. The zero-order valence-electron chi connectivity index (χ0n) is 13.1. The number of carbonyl (C=O) groups is 1. The van der Waals surface area contributed by atoms with Gasteiger partial charge in [-0.1, -0.05) is 30.3 Å². The lowest BCUT2D eigenvalue weighted by atomic mass is 9.77. The second kappa shape index (κ2) is 6.83. The second-order valence-electron chi connectivity index (χ2n) is 6.24. The SMILES string of the molecule is Cl.O=C(O)c1ccc2c(c1)C1OCCCC1C(c1ccccc1)N2. The zero-order chi connectivity index (χ0) is 15.8. The van der Waals surface area contributed by atoms with E-state index < -0.39 is 5.97 Å². The highest BCUT2D eigenvalue weighted by Crippen LogP contribution is 2.49. The number of carboxylic acid groups (broad SMARTS) is 1. The molecule has 126 valence electrons. The summed E-state index contributed by atoms with van der Waals surface area (Å²) in [5, 5.41) is 12.9. The molecule has 2 aliphatic rings. The van der Waals surface area contributed by atoms with E-state index in [1.807, 2.05) is 12.1 Å². The molecule has 0 bridgehead atoms. The van der Waals surface area contributed by atoms with Gasteiger partial charge in [0, 0.05) is 23.8 Å². The van der Waals surface area contributed by atoms with Crippen LogP contribution in [0.5, 0.6) is 0 Å². The van der Waals surface area contributed by atoms with E-state index in [0.29, 0.717) is 11.5 Å². The standard InChI is InChI=1S/C19H19NO3.ClH/c21-19(22)13-8-9-16-15(11-13)18-14(7-4-10-23-18)17(20-16)12-5-2-1-3-6-12;/h1-3,5-6,8-9,11,14,17-18,20H,4,7,10H2,(H,21,22);1H. The number of anilines is 1. The van der Waals surface area contributed by atoms with Gasteiger partial charge in [-0.15, -0.1) is 12.4 Å². The number of ether oxygens (including phenoxy) is 1. The Hall–Kier alpha value is -2.04. The maximum atomic E-state index is 11.3. The number of hydrogen-bond donors (Lipinski definition) is 2. The molecule has 24 heavy (non-hydrogen) atoms. The number of benzene rings is 2. The summed E-state index contributed by atoms with van der Waals surface area (Å²) in [5.41, 5.74) is 3.52. The first-order chi connectivity index (χ1) is 11.2. The van der Waals surface area contributed by atoms with E-state index in [9.17, 15) is 9.90 Å². The molecular weight excluding hydrogens is 326 g/mol. The summed E-state index contributed by atoms with van der Waals surface area (Å²) in [6, 6.07) is 15.9. The number of aromatic carboxylic acids is 1. The van der Waals surface area contributed by atoms with Crippen LogP contribution in [0.15, 0.2) is 48.5 Å². The maximum absolute atomic E-state index is 11.3. The van der Waals surface area contributed by atoms with Gasteiger partial charge >= 0.3 is 5.97 Å². The topological polar surface area (TPSA) is 58.6 Å². The van der Waals surface area contributed by atoms with Crippen molar-refractivity contribution in [1.82, 2.24) is 0 Å². The molecule has 4 nitrogen and oxygen atoms in total. The molecule has 4 rings (SSSR count). The second-order valence-corrected chi connectivity index (χ2v) is 6.24. The minimum absolute atomic E-state index is 0. The monoisotopic (exact) mass is 345 g/mol. The highest BCUT2D eigenvalue weighted by molar-refractivity contribution is 5.88.